The summed E-state index contributed by atoms with van der Waals surface area (Å²) in [6.45, 7) is 1.04. The van der Waals surface area contributed by atoms with Crippen LogP contribution >= 0.6 is 11.6 Å². The van der Waals surface area contributed by atoms with E-state index in [4.69, 9.17) is 11.6 Å². The predicted octanol–water partition coefficient (Wildman–Crippen LogP) is 4.47. The van der Waals surface area contributed by atoms with Crippen LogP contribution in [-0.2, 0) is 0 Å². The van der Waals surface area contributed by atoms with E-state index >= 15 is 0 Å². The fraction of sp³-hybridized carbons (Fsp3) is 0.333. The molecule has 0 saturated carbocycles. The molecule has 1 unspecified atom stereocenters. The molecule has 0 fully saturated rings. The summed E-state index contributed by atoms with van der Waals surface area (Å²) in [5.74, 6) is 0. The van der Waals surface area contributed by atoms with E-state index in [-0.39, 0.29) is 0 Å². The summed E-state index contributed by atoms with van der Waals surface area (Å²) in [6, 6.07) is 19.0. The Morgan fingerprint density at radius 1 is 0.905 bits per heavy atom. The first-order valence-electron chi connectivity index (χ1n) is 7.26. The molecule has 0 radical (unpaired) electrons. The third-order valence-electron chi connectivity index (χ3n) is 3.73. The van der Waals surface area contributed by atoms with Crippen molar-refractivity contribution in [3.05, 3.63) is 65.2 Å². The van der Waals surface area contributed by atoms with Gasteiger partial charge in [0.05, 0.1) is 16.8 Å². The molecule has 2 aromatic rings. The van der Waals surface area contributed by atoms with Crippen molar-refractivity contribution in [3.63, 3.8) is 0 Å². The lowest BCUT2D eigenvalue weighted by molar-refractivity contribution is 0.379. The summed E-state index contributed by atoms with van der Waals surface area (Å²) in [7, 11) is 6.34. The smallest absolute Gasteiger partial charge is 0.0639 e. The highest BCUT2D eigenvalue weighted by molar-refractivity contribution is 6.33. The van der Waals surface area contributed by atoms with Gasteiger partial charge in [0.25, 0.3) is 0 Å². The van der Waals surface area contributed by atoms with Crippen molar-refractivity contribution in [1.82, 2.24) is 4.90 Å². The Balaban J connectivity index is 2.28. The highest BCUT2D eigenvalue weighted by atomic mass is 35.5. The van der Waals surface area contributed by atoms with Gasteiger partial charge in [0.1, 0.15) is 0 Å². The molecule has 0 aliphatic carbocycles. The molecule has 0 aliphatic heterocycles. The first kappa shape index (κ1) is 15.9. The molecule has 3 heteroatoms. The normalized spacial score (nSPS) is 12.4. The molecule has 0 bridgehead atoms. The van der Waals surface area contributed by atoms with Crippen LogP contribution in [0.3, 0.4) is 0 Å². The Bertz CT molecular complexity index is 554. The summed E-state index contributed by atoms with van der Waals surface area (Å²) in [6.07, 6.45) is 1.05. The minimum absolute atomic E-state index is 0.313. The Kier molecular flexibility index (Phi) is 5.66. The molecule has 0 amide bonds. The molecule has 0 saturated heterocycles. The monoisotopic (exact) mass is 302 g/mol. The van der Waals surface area contributed by atoms with Gasteiger partial charge in [0.2, 0.25) is 0 Å². The van der Waals surface area contributed by atoms with Gasteiger partial charge in [-0.3, -0.25) is 0 Å². The number of nitrogens with zero attached hydrogens (tertiary/aromatic N) is 2. The van der Waals surface area contributed by atoms with Crippen LogP contribution in [0.15, 0.2) is 54.6 Å². The van der Waals surface area contributed by atoms with Gasteiger partial charge in [-0.05, 0) is 44.8 Å². The summed E-state index contributed by atoms with van der Waals surface area (Å²) in [5.41, 5.74) is 2.40. The van der Waals surface area contributed by atoms with Crippen LogP contribution < -0.4 is 4.90 Å². The number of para-hydroxylation sites is 1. The number of anilines is 1. The van der Waals surface area contributed by atoms with Gasteiger partial charge in [-0.1, -0.05) is 54.1 Å². The van der Waals surface area contributed by atoms with Gasteiger partial charge in [-0.25, -0.2) is 0 Å². The molecular weight excluding hydrogens is 280 g/mol. The van der Waals surface area contributed by atoms with Crippen LogP contribution in [0.5, 0.6) is 0 Å². The third kappa shape index (κ3) is 4.23. The molecule has 21 heavy (non-hydrogen) atoms. The lowest BCUT2D eigenvalue weighted by Gasteiger charge is -2.32. The molecule has 2 rings (SSSR count). The predicted molar refractivity (Wildman–Crippen MR) is 92.2 cm³/mol. The lowest BCUT2D eigenvalue weighted by Crippen LogP contribution is -2.28. The minimum Gasteiger partial charge on any atom is -0.366 e. The Hall–Kier alpha value is -1.51. The van der Waals surface area contributed by atoms with E-state index in [2.05, 4.69) is 67.3 Å². The first-order chi connectivity index (χ1) is 10.1. The van der Waals surface area contributed by atoms with Crippen LogP contribution in [0.1, 0.15) is 18.0 Å². The molecular formula is C18H23ClN2. The molecule has 0 aromatic heterocycles. The number of benzene rings is 2. The first-order valence-corrected chi connectivity index (χ1v) is 7.64. The lowest BCUT2D eigenvalue weighted by atomic mass is 10.0. The highest BCUT2D eigenvalue weighted by Gasteiger charge is 2.19. The van der Waals surface area contributed by atoms with E-state index < -0.39 is 0 Å². The zero-order chi connectivity index (χ0) is 15.2. The number of rotatable bonds is 6. The maximum Gasteiger partial charge on any atom is 0.0639 e. The summed E-state index contributed by atoms with van der Waals surface area (Å²) >= 11 is 6.36. The van der Waals surface area contributed by atoms with Gasteiger partial charge in [0.15, 0.2) is 0 Å². The average Bonchev–Trinajstić information content (AvgIpc) is 2.48. The second-order valence-corrected chi connectivity index (χ2v) is 5.99. The fourth-order valence-corrected chi connectivity index (χ4v) is 2.81. The van der Waals surface area contributed by atoms with Gasteiger partial charge >= 0.3 is 0 Å². The average molecular weight is 303 g/mol. The Morgan fingerprint density at radius 3 is 2.14 bits per heavy atom. The van der Waals surface area contributed by atoms with Crippen molar-refractivity contribution in [2.75, 3.05) is 32.6 Å². The SMILES string of the molecule is CN(C)CCC(c1ccccc1)N(C)c1ccccc1Cl. The van der Waals surface area contributed by atoms with Crippen molar-refractivity contribution < 1.29 is 0 Å². The Morgan fingerprint density at radius 2 is 1.52 bits per heavy atom. The topological polar surface area (TPSA) is 6.48 Å². The molecule has 2 nitrogen and oxygen atoms in total. The van der Waals surface area contributed by atoms with Crippen molar-refractivity contribution in [2.24, 2.45) is 0 Å². The van der Waals surface area contributed by atoms with Gasteiger partial charge in [0, 0.05) is 7.05 Å². The number of hydrogen-bond donors (Lipinski definition) is 0. The zero-order valence-corrected chi connectivity index (χ0v) is 13.7. The molecule has 0 heterocycles. The van der Waals surface area contributed by atoms with Crippen LogP contribution in [0.25, 0.3) is 0 Å². The van der Waals surface area contributed by atoms with Crippen molar-refractivity contribution >= 4 is 17.3 Å². The van der Waals surface area contributed by atoms with Crippen LogP contribution in [0.2, 0.25) is 5.02 Å². The maximum absolute atomic E-state index is 6.36. The molecule has 2 aromatic carbocycles. The van der Waals surface area contributed by atoms with Crippen molar-refractivity contribution in [3.8, 4) is 0 Å². The van der Waals surface area contributed by atoms with E-state index in [0.717, 1.165) is 23.7 Å². The largest absolute Gasteiger partial charge is 0.366 e. The second-order valence-electron chi connectivity index (χ2n) is 5.58. The molecule has 1 atom stereocenters. The standard InChI is InChI=1S/C18H23ClN2/c1-20(2)14-13-17(15-9-5-4-6-10-15)21(3)18-12-8-7-11-16(18)19/h4-12,17H,13-14H2,1-3H3. The van der Waals surface area contributed by atoms with Crippen molar-refractivity contribution in [1.29, 1.82) is 0 Å². The van der Waals surface area contributed by atoms with Crippen molar-refractivity contribution in [2.45, 2.75) is 12.5 Å². The number of hydrogen-bond acceptors (Lipinski definition) is 2. The van der Waals surface area contributed by atoms with Gasteiger partial charge < -0.3 is 9.80 Å². The third-order valence-corrected chi connectivity index (χ3v) is 4.05. The van der Waals surface area contributed by atoms with E-state index in [1.165, 1.54) is 5.56 Å². The maximum atomic E-state index is 6.36. The number of halogens is 1. The van der Waals surface area contributed by atoms with E-state index in [0.29, 0.717) is 6.04 Å². The minimum atomic E-state index is 0.313. The molecule has 0 aliphatic rings. The fourth-order valence-electron chi connectivity index (χ4n) is 2.55. The summed E-state index contributed by atoms with van der Waals surface area (Å²) in [4.78, 5) is 4.50. The highest BCUT2D eigenvalue weighted by Crippen LogP contribution is 2.32. The van der Waals surface area contributed by atoms with E-state index in [1.54, 1.807) is 0 Å². The summed E-state index contributed by atoms with van der Waals surface area (Å²) < 4.78 is 0. The van der Waals surface area contributed by atoms with E-state index in [1.807, 2.05) is 18.2 Å². The van der Waals surface area contributed by atoms with Crippen LogP contribution in [0, 0.1) is 0 Å². The Labute approximate surface area is 133 Å². The zero-order valence-electron chi connectivity index (χ0n) is 13.0. The van der Waals surface area contributed by atoms with E-state index in [9.17, 15) is 0 Å². The molecule has 0 spiro atoms. The molecule has 0 N–H and O–H groups in total. The van der Waals surface area contributed by atoms with Crippen LogP contribution in [-0.4, -0.2) is 32.6 Å². The second kappa shape index (κ2) is 7.48. The summed E-state index contributed by atoms with van der Waals surface area (Å²) in [5, 5.41) is 0.797. The van der Waals surface area contributed by atoms with Gasteiger partial charge in [-0.2, -0.15) is 0 Å². The quantitative estimate of drug-likeness (QED) is 0.777. The molecule has 112 valence electrons. The van der Waals surface area contributed by atoms with Crippen LogP contribution in [0.4, 0.5) is 5.69 Å². The van der Waals surface area contributed by atoms with Gasteiger partial charge in [-0.15, -0.1) is 0 Å².